The molecule has 0 bridgehead atoms. The minimum Gasteiger partial charge on any atom is -0.388 e. The van der Waals surface area contributed by atoms with E-state index in [1.165, 1.54) is 0 Å². The van der Waals surface area contributed by atoms with Crippen molar-refractivity contribution in [3.8, 4) is 0 Å². The lowest BCUT2D eigenvalue weighted by Gasteiger charge is -2.23. The normalized spacial score (nSPS) is 48.0. The Balaban J connectivity index is 2.64. The van der Waals surface area contributed by atoms with Crippen molar-refractivity contribution in [3.63, 3.8) is 0 Å². The number of rotatable bonds is 1. The molecule has 0 amide bonds. The molecular formula is C6H12O4. The van der Waals surface area contributed by atoms with Gasteiger partial charge in [0.1, 0.15) is 12.2 Å². The summed E-state index contributed by atoms with van der Waals surface area (Å²) in [5.74, 6) is -1.53. The first kappa shape index (κ1) is 7.94. The second-order valence-corrected chi connectivity index (χ2v) is 2.52. The quantitative estimate of drug-likeness (QED) is 0.438. The zero-order valence-corrected chi connectivity index (χ0v) is 5.82. The fraction of sp³-hybridized carbons (Fsp3) is 1.00. The summed E-state index contributed by atoms with van der Waals surface area (Å²) < 4.78 is 4.77. The number of hydrogen-bond acceptors (Lipinski definition) is 4. The molecule has 0 saturated carbocycles. The van der Waals surface area contributed by atoms with Gasteiger partial charge >= 0.3 is 0 Å². The van der Waals surface area contributed by atoms with Crippen LogP contribution in [0.5, 0.6) is 0 Å². The highest BCUT2D eigenvalue weighted by Gasteiger charge is 2.45. The summed E-state index contributed by atoms with van der Waals surface area (Å²) in [7, 11) is 0. The molecule has 0 aliphatic carbocycles. The van der Waals surface area contributed by atoms with Gasteiger partial charge in [0.15, 0.2) is 5.79 Å². The molecule has 4 nitrogen and oxygen atoms in total. The van der Waals surface area contributed by atoms with Crippen molar-refractivity contribution in [1.29, 1.82) is 0 Å². The average Bonchev–Trinajstić information content (AvgIpc) is 2.19. The first-order chi connectivity index (χ1) is 4.60. The smallest absolute Gasteiger partial charge is 0.194 e. The molecule has 0 radical (unpaired) electrons. The number of hydrogen-bond donors (Lipinski definition) is 3. The van der Waals surface area contributed by atoms with Crippen molar-refractivity contribution in [2.45, 2.75) is 31.3 Å². The molecule has 3 N–H and O–H groups in total. The zero-order valence-electron chi connectivity index (χ0n) is 5.82. The van der Waals surface area contributed by atoms with E-state index in [1.807, 2.05) is 0 Å². The third-order valence-corrected chi connectivity index (χ3v) is 1.84. The molecule has 10 heavy (non-hydrogen) atoms. The largest absolute Gasteiger partial charge is 0.388 e. The van der Waals surface area contributed by atoms with Crippen molar-refractivity contribution in [3.05, 3.63) is 0 Å². The highest BCUT2D eigenvalue weighted by atomic mass is 16.7. The van der Waals surface area contributed by atoms with Gasteiger partial charge in [-0.15, -0.1) is 0 Å². The second-order valence-electron chi connectivity index (χ2n) is 2.52. The van der Waals surface area contributed by atoms with E-state index in [1.54, 1.807) is 6.92 Å². The van der Waals surface area contributed by atoms with E-state index < -0.39 is 18.0 Å². The molecule has 0 unspecified atom stereocenters. The molecule has 3 atom stereocenters. The molecule has 1 heterocycles. The molecule has 0 aromatic rings. The summed E-state index contributed by atoms with van der Waals surface area (Å²) in [6, 6.07) is 0. The Hall–Kier alpha value is -0.160. The molecule has 1 fully saturated rings. The van der Waals surface area contributed by atoms with Gasteiger partial charge in [0.2, 0.25) is 0 Å². The van der Waals surface area contributed by atoms with Gasteiger partial charge in [-0.2, -0.15) is 0 Å². The topological polar surface area (TPSA) is 69.9 Å². The van der Waals surface area contributed by atoms with Gasteiger partial charge < -0.3 is 20.1 Å². The molecule has 0 aromatic carbocycles. The van der Waals surface area contributed by atoms with Crippen molar-refractivity contribution < 1.29 is 20.1 Å². The molecule has 1 aliphatic rings. The first-order valence-corrected chi connectivity index (χ1v) is 3.32. The van der Waals surface area contributed by atoms with E-state index in [4.69, 9.17) is 14.9 Å². The average molecular weight is 148 g/mol. The molecular weight excluding hydrogens is 136 g/mol. The van der Waals surface area contributed by atoms with Crippen LogP contribution < -0.4 is 0 Å². The Kier molecular flexibility index (Phi) is 1.96. The summed E-state index contributed by atoms with van der Waals surface area (Å²) in [6.07, 6.45) is -1.84. The molecule has 1 saturated heterocycles. The molecule has 4 heteroatoms. The van der Waals surface area contributed by atoms with Crippen LogP contribution in [0.1, 0.15) is 13.3 Å². The highest BCUT2D eigenvalue weighted by Crippen LogP contribution is 2.26. The van der Waals surface area contributed by atoms with E-state index in [0.29, 0.717) is 0 Å². The van der Waals surface area contributed by atoms with Gasteiger partial charge in [0.25, 0.3) is 0 Å². The predicted octanol–water partition coefficient (Wildman–Crippen LogP) is -1.16. The van der Waals surface area contributed by atoms with Gasteiger partial charge in [0, 0.05) is 6.42 Å². The van der Waals surface area contributed by atoms with Crippen molar-refractivity contribution in [2.75, 3.05) is 6.61 Å². The summed E-state index contributed by atoms with van der Waals surface area (Å²) in [6.45, 7) is 1.69. The summed E-state index contributed by atoms with van der Waals surface area (Å²) in [5, 5.41) is 27.3. The molecule has 1 aliphatic heterocycles. The molecule has 0 aromatic heterocycles. The monoisotopic (exact) mass is 148 g/mol. The van der Waals surface area contributed by atoms with Crippen LogP contribution in [0.4, 0.5) is 0 Å². The lowest BCUT2D eigenvalue weighted by molar-refractivity contribution is -0.216. The Bertz CT molecular complexity index is 127. The number of aliphatic hydroxyl groups is 3. The summed E-state index contributed by atoms with van der Waals surface area (Å²) >= 11 is 0. The van der Waals surface area contributed by atoms with E-state index >= 15 is 0 Å². The van der Waals surface area contributed by atoms with Crippen LogP contribution in [-0.4, -0.2) is 39.9 Å². The van der Waals surface area contributed by atoms with E-state index in [9.17, 15) is 5.11 Å². The number of ether oxygens (including phenoxy) is 1. The lowest BCUT2D eigenvalue weighted by Crippen LogP contribution is -2.42. The minimum absolute atomic E-state index is 0.00546. The maximum atomic E-state index is 9.31. The van der Waals surface area contributed by atoms with Crippen LogP contribution in [0.25, 0.3) is 0 Å². The van der Waals surface area contributed by atoms with Gasteiger partial charge in [-0.3, -0.25) is 0 Å². The fourth-order valence-electron chi connectivity index (χ4n) is 1.02. The van der Waals surface area contributed by atoms with E-state index in [2.05, 4.69) is 0 Å². The van der Waals surface area contributed by atoms with Gasteiger partial charge in [-0.1, -0.05) is 6.92 Å². The highest BCUT2D eigenvalue weighted by molar-refractivity contribution is 4.87. The van der Waals surface area contributed by atoms with Crippen LogP contribution in [-0.2, 0) is 4.74 Å². The maximum absolute atomic E-state index is 9.31. The summed E-state index contributed by atoms with van der Waals surface area (Å²) in [5.41, 5.74) is 0. The van der Waals surface area contributed by atoms with Crippen molar-refractivity contribution in [2.24, 2.45) is 0 Å². The number of aliphatic hydroxyl groups excluding tert-OH is 2. The third-order valence-electron chi connectivity index (χ3n) is 1.84. The standard InChI is InChI=1S/C6H12O4/c1-2-6(9)5(8)4(7)3-10-6/h4-5,7-9H,2-3H2,1H3/t4-,5-,6-/m1/s1. The predicted molar refractivity (Wildman–Crippen MR) is 33.2 cm³/mol. The van der Waals surface area contributed by atoms with Crippen LogP contribution in [0, 0.1) is 0 Å². The molecule has 0 spiro atoms. The third kappa shape index (κ3) is 1.03. The van der Waals surface area contributed by atoms with Crippen LogP contribution in [0.15, 0.2) is 0 Å². The fourth-order valence-corrected chi connectivity index (χ4v) is 1.02. The SMILES string of the molecule is CC[C@@]1(O)OC[C@@H](O)[C@H]1O. The van der Waals surface area contributed by atoms with Gasteiger partial charge in [0.05, 0.1) is 6.61 Å². The Morgan fingerprint density at radius 1 is 1.60 bits per heavy atom. The molecule has 1 rings (SSSR count). The van der Waals surface area contributed by atoms with Gasteiger partial charge in [-0.05, 0) is 0 Å². The molecule has 60 valence electrons. The summed E-state index contributed by atoms with van der Waals surface area (Å²) in [4.78, 5) is 0. The maximum Gasteiger partial charge on any atom is 0.194 e. The van der Waals surface area contributed by atoms with Crippen molar-refractivity contribution >= 4 is 0 Å². The van der Waals surface area contributed by atoms with Gasteiger partial charge in [-0.25, -0.2) is 0 Å². The van der Waals surface area contributed by atoms with E-state index in [-0.39, 0.29) is 13.0 Å². The lowest BCUT2D eigenvalue weighted by atomic mass is 10.1. The Labute approximate surface area is 59.1 Å². The minimum atomic E-state index is -1.53. The first-order valence-electron chi connectivity index (χ1n) is 3.32. The Morgan fingerprint density at radius 2 is 2.20 bits per heavy atom. The second kappa shape index (κ2) is 2.47. The van der Waals surface area contributed by atoms with E-state index in [0.717, 1.165) is 0 Å². The van der Waals surface area contributed by atoms with Crippen LogP contribution in [0.2, 0.25) is 0 Å². The Morgan fingerprint density at radius 3 is 2.40 bits per heavy atom. The zero-order chi connectivity index (χ0) is 7.78. The van der Waals surface area contributed by atoms with Crippen LogP contribution in [0.3, 0.4) is 0 Å². The van der Waals surface area contributed by atoms with Crippen LogP contribution >= 0.6 is 0 Å². The van der Waals surface area contributed by atoms with Crippen molar-refractivity contribution in [1.82, 2.24) is 0 Å².